The zero-order chi connectivity index (χ0) is 16.1. The Morgan fingerprint density at radius 2 is 1.96 bits per heavy atom. The smallest absolute Gasteiger partial charge is 0.337 e. The minimum absolute atomic E-state index is 0.486. The number of ether oxygens (including phenoxy) is 1. The number of aromatic nitrogens is 3. The SMILES string of the molecule is O=C(C=Cn1cnc(-c2cccc(Cl)c2)n1)Oc1ccccc1. The summed E-state index contributed by atoms with van der Waals surface area (Å²) in [6.45, 7) is 0. The molecule has 0 aliphatic heterocycles. The monoisotopic (exact) mass is 325 g/mol. The van der Waals surface area contributed by atoms with Gasteiger partial charge in [-0.05, 0) is 24.3 Å². The predicted molar refractivity (Wildman–Crippen MR) is 87.9 cm³/mol. The van der Waals surface area contributed by atoms with E-state index in [2.05, 4.69) is 10.1 Å². The Morgan fingerprint density at radius 3 is 2.74 bits per heavy atom. The quantitative estimate of drug-likeness (QED) is 0.417. The van der Waals surface area contributed by atoms with Gasteiger partial charge in [-0.3, -0.25) is 0 Å². The molecule has 0 amide bonds. The van der Waals surface area contributed by atoms with E-state index in [1.54, 1.807) is 36.4 Å². The molecule has 1 aromatic heterocycles. The average molecular weight is 326 g/mol. The highest BCUT2D eigenvalue weighted by Crippen LogP contribution is 2.18. The highest BCUT2D eigenvalue weighted by atomic mass is 35.5. The van der Waals surface area contributed by atoms with Gasteiger partial charge >= 0.3 is 5.97 Å². The molecule has 1 heterocycles. The van der Waals surface area contributed by atoms with Gasteiger partial charge in [-0.25, -0.2) is 14.5 Å². The lowest BCUT2D eigenvalue weighted by molar-refractivity contribution is -0.128. The first-order chi connectivity index (χ1) is 11.2. The Balaban J connectivity index is 1.68. The van der Waals surface area contributed by atoms with E-state index in [9.17, 15) is 4.79 Å². The molecule has 0 atom stereocenters. The van der Waals surface area contributed by atoms with Crippen LogP contribution in [-0.4, -0.2) is 20.7 Å². The second-order valence-electron chi connectivity index (χ2n) is 4.61. The van der Waals surface area contributed by atoms with Gasteiger partial charge in [-0.1, -0.05) is 41.9 Å². The molecular formula is C17H12ClN3O2. The van der Waals surface area contributed by atoms with Crippen LogP contribution in [0.5, 0.6) is 5.75 Å². The zero-order valence-electron chi connectivity index (χ0n) is 12.0. The number of carbonyl (C=O) groups is 1. The first-order valence-electron chi connectivity index (χ1n) is 6.83. The van der Waals surface area contributed by atoms with Crippen molar-refractivity contribution in [1.29, 1.82) is 0 Å². The van der Waals surface area contributed by atoms with E-state index >= 15 is 0 Å². The fraction of sp³-hybridized carbons (Fsp3) is 0. The Hall–Kier alpha value is -2.92. The molecule has 3 aromatic rings. The Bertz CT molecular complexity index is 844. The topological polar surface area (TPSA) is 57.0 Å². The number of carbonyl (C=O) groups excluding carboxylic acids is 1. The van der Waals surface area contributed by atoms with Crippen LogP contribution < -0.4 is 4.74 Å². The van der Waals surface area contributed by atoms with Crippen molar-refractivity contribution in [1.82, 2.24) is 14.8 Å². The summed E-state index contributed by atoms with van der Waals surface area (Å²) < 4.78 is 6.57. The molecule has 23 heavy (non-hydrogen) atoms. The molecule has 6 heteroatoms. The van der Waals surface area contributed by atoms with Gasteiger partial charge in [0.2, 0.25) is 0 Å². The number of esters is 1. The lowest BCUT2D eigenvalue weighted by Crippen LogP contribution is -2.04. The van der Waals surface area contributed by atoms with Gasteiger partial charge in [0, 0.05) is 22.9 Å². The van der Waals surface area contributed by atoms with Crippen molar-refractivity contribution in [3.63, 3.8) is 0 Å². The fourth-order valence-electron chi connectivity index (χ4n) is 1.88. The molecule has 0 aliphatic rings. The summed E-state index contributed by atoms with van der Waals surface area (Å²) in [7, 11) is 0. The molecule has 5 nitrogen and oxygen atoms in total. The normalized spacial score (nSPS) is 10.8. The summed E-state index contributed by atoms with van der Waals surface area (Å²) in [4.78, 5) is 15.9. The van der Waals surface area contributed by atoms with Crippen molar-refractivity contribution in [2.45, 2.75) is 0 Å². The number of nitrogens with zero attached hydrogens (tertiary/aromatic N) is 3. The van der Waals surface area contributed by atoms with Crippen molar-refractivity contribution in [3.8, 4) is 17.1 Å². The number of halogens is 1. The van der Waals surface area contributed by atoms with Crippen molar-refractivity contribution < 1.29 is 9.53 Å². The first-order valence-corrected chi connectivity index (χ1v) is 7.21. The fourth-order valence-corrected chi connectivity index (χ4v) is 2.07. The van der Waals surface area contributed by atoms with Crippen LogP contribution in [0.25, 0.3) is 17.6 Å². The summed E-state index contributed by atoms with van der Waals surface area (Å²) in [5.41, 5.74) is 0.802. The molecule has 114 valence electrons. The predicted octanol–water partition coefficient (Wildman–Crippen LogP) is 3.67. The van der Waals surface area contributed by atoms with Crippen LogP contribution in [0.1, 0.15) is 0 Å². The maximum atomic E-state index is 11.7. The number of hydrogen-bond donors (Lipinski definition) is 0. The van der Waals surface area contributed by atoms with E-state index in [4.69, 9.17) is 16.3 Å². The van der Waals surface area contributed by atoms with E-state index in [1.807, 2.05) is 18.2 Å². The summed E-state index contributed by atoms with van der Waals surface area (Å²) >= 11 is 5.94. The van der Waals surface area contributed by atoms with Crippen LogP contribution in [0.15, 0.2) is 67.0 Å². The van der Waals surface area contributed by atoms with Gasteiger partial charge < -0.3 is 4.74 Å². The second kappa shape index (κ2) is 6.89. The van der Waals surface area contributed by atoms with Crippen LogP contribution >= 0.6 is 11.6 Å². The van der Waals surface area contributed by atoms with Crippen LogP contribution in [0.3, 0.4) is 0 Å². The highest BCUT2D eigenvalue weighted by Gasteiger charge is 2.04. The maximum absolute atomic E-state index is 11.7. The van der Waals surface area contributed by atoms with Gasteiger partial charge in [-0.2, -0.15) is 0 Å². The molecule has 0 radical (unpaired) electrons. The number of para-hydroxylation sites is 1. The summed E-state index contributed by atoms with van der Waals surface area (Å²) in [5.74, 6) is 0.518. The number of benzene rings is 2. The van der Waals surface area contributed by atoms with Crippen LogP contribution in [0.2, 0.25) is 5.02 Å². The minimum atomic E-state index is -0.490. The molecule has 0 saturated carbocycles. The lowest BCUT2D eigenvalue weighted by atomic mass is 10.2. The van der Waals surface area contributed by atoms with Gasteiger partial charge in [0.05, 0.1) is 0 Å². The summed E-state index contributed by atoms with van der Waals surface area (Å²) in [6, 6.07) is 16.1. The van der Waals surface area contributed by atoms with Crippen molar-refractivity contribution >= 4 is 23.8 Å². The third-order valence-corrected chi connectivity index (χ3v) is 3.15. The van der Waals surface area contributed by atoms with Crippen LogP contribution in [0, 0.1) is 0 Å². The van der Waals surface area contributed by atoms with Crippen molar-refractivity contribution in [2.75, 3.05) is 0 Å². The van der Waals surface area contributed by atoms with Crippen LogP contribution in [-0.2, 0) is 4.79 Å². The Labute approximate surface area is 137 Å². The number of hydrogen-bond acceptors (Lipinski definition) is 4. The molecule has 0 aliphatic carbocycles. The van der Waals surface area contributed by atoms with Gasteiger partial charge in [0.15, 0.2) is 5.82 Å². The molecular weight excluding hydrogens is 314 g/mol. The Morgan fingerprint density at radius 1 is 1.13 bits per heavy atom. The molecule has 0 N–H and O–H groups in total. The molecule has 2 aromatic carbocycles. The Kier molecular flexibility index (Phi) is 4.49. The van der Waals surface area contributed by atoms with Gasteiger partial charge in [-0.15, -0.1) is 5.10 Å². The van der Waals surface area contributed by atoms with Crippen molar-refractivity contribution in [2.24, 2.45) is 0 Å². The molecule has 3 rings (SSSR count). The zero-order valence-corrected chi connectivity index (χ0v) is 12.7. The standard InChI is InChI=1S/C17H12ClN3O2/c18-14-6-4-5-13(11-14)17-19-12-21(20-17)10-9-16(22)23-15-7-2-1-3-8-15/h1-12H. The van der Waals surface area contributed by atoms with Crippen LogP contribution in [0.4, 0.5) is 0 Å². The molecule has 0 fully saturated rings. The molecule has 0 unspecified atom stereocenters. The second-order valence-corrected chi connectivity index (χ2v) is 5.04. The van der Waals surface area contributed by atoms with Crippen molar-refractivity contribution in [3.05, 3.63) is 72.0 Å². The van der Waals surface area contributed by atoms with E-state index in [0.29, 0.717) is 16.6 Å². The summed E-state index contributed by atoms with van der Waals surface area (Å²) in [6.07, 6.45) is 4.26. The largest absolute Gasteiger partial charge is 0.423 e. The number of rotatable bonds is 4. The third kappa shape index (κ3) is 4.05. The molecule has 0 bridgehead atoms. The van der Waals surface area contributed by atoms with E-state index in [0.717, 1.165) is 5.56 Å². The lowest BCUT2D eigenvalue weighted by Gasteiger charge is -1.99. The maximum Gasteiger partial charge on any atom is 0.337 e. The average Bonchev–Trinajstić information content (AvgIpc) is 3.03. The van der Waals surface area contributed by atoms with Gasteiger partial charge in [0.1, 0.15) is 12.1 Å². The highest BCUT2D eigenvalue weighted by molar-refractivity contribution is 6.30. The van der Waals surface area contributed by atoms with E-state index in [1.165, 1.54) is 23.3 Å². The minimum Gasteiger partial charge on any atom is -0.423 e. The molecule has 0 spiro atoms. The molecule has 0 saturated heterocycles. The first kappa shape index (κ1) is 15.0. The van der Waals surface area contributed by atoms with E-state index in [-0.39, 0.29) is 0 Å². The third-order valence-electron chi connectivity index (χ3n) is 2.92. The summed E-state index contributed by atoms with van der Waals surface area (Å²) in [5, 5.41) is 4.86. The van der Waals surface area contributed by atoms with Gasteiger partial charge in [0.25, 0.3) is 0 Å². The van der Waals surface area contributed by atoms with E-state index < -0.39 is 5.97 Å².